The quantitative estimate of drug-likeness (QED) is 0.833. The first-order valence-corrected chi connectivity index (χ1v) is 5.71. The smallest absolute Gasteiger partial charge is 0.0740 e. The molecule has 1 unspecified atom stereocenters. The van der Waals surface area contributed by atoms with Gasteiger partial charge < -0.3 is 10.1 Å². The molecule has 1 atom stereocenters. The second kappa shape index (κ2) is 4.97. The average Bonchev–Trinajstić information content (AvgIpc) is 2.24. The molecule has 0 spiro atoms. The van der Waals surface area contributed by atoms with Gasteiger partial charge in [-0.25, -0.2) is 0 Å². The Morgan fingerprint density at radius 2 is 2.40 bits per heavy atom. The van der Waals surface area contributed by atoms with Crippen LogP contribution in [0.4, 0.5) is 0 Å². The summed E-state index contributed by atoms with van der Waals surface area (Å²) < 4.78 is 5.67. The van der Waals surface area contributed by atoms with Crippen molar-refractivity contribution < 1.29 is 4.74 Å². The van der Waals surface area contributed by atoms with Crippen LogP contribution in [-0.2, 0) is 11.2 Å². The van der Waals surface area contributed by atoms with Crippen molar-refractivity contribution in [3.05, 3.63) is 34.3 Å². The first kappa shape index (κ1) is 10.9. The highest BCUT2D eigenvalue weighted by Gasteiger charge is 2.14. The summed E-state index contributed by atoms with van der Waals surface area (Å²) in [5.41, 5.74) is 2.57. The maximum absolute atomic E-state index is 5.92. The van der Waals surface area contributed by atoms with E-state index in [1.54, 1.807) is 0 Å². The minimum Gasteiger partial charge on any atom is -0.375 e. The lowest BCUT2D eigenvalue weighted by atomic mass is 10.0. The predicted molar refractivity (Wildman–Crippen MR) is 62.5 cm³/mol. The minimum atomic E-state index is 0.304. The number of ether oxygens (including phenoxy) is 1. The van der Waals surface area contributed by atoms with E-state index >= 15 is 0 Å². The highest BCUT2D eigenvalue weighted by Crippen LogP contribution is 2.17. The molecule has 0 amide bonds. The fraction of sp³-hybridized carbons (Fsp3) is 0.500. The van der Waals surface area contributed by atoms with Crippen LogP contribution in [0.25, 0.3) is 0 Å². The molecule has 0 aliphatic carbocycles. The number of halogens is 1. The summed E-state index contributed by atoms with van der Waals surface area (Å²) >= 11 is 5.92. The molecule has 0 aromatic heterocycles. The molecule has 15 heavy (non-hydrogen) atoms. The molecule has 3 heteroatoms. The summed E-state index contributed by atoms with van der Waals surface area (Å²) in [6, 6.07) is 6.04. The molecule has 2 nitrogen and oxygen atoms in total. The number of rotatable bonds is 2. The van der Waals surface area contributed by atoms with Gasteiger partial charge in [-0.15, -0.1) is 0 Å². The molecule has 0 saturated carbocycles. The topological polar surface area (TPSA) is 21.3 Å². The Kier molecular flexibility index (Phi) is 3.62. The van der Waals surface area contributed by atoms with Crippen molar-refractivity contribution in [3.63, 3.8) is 0 Å². The van der Waals surface area contributed by atoms with Gasteiger partial charge in [0.15, 0.2) is 0 Å². The van der Waals surface area contributed by atoms with Crippen molar-refractivity contribution in [1.82, 2.24) is 5.32 Å². The van der Waals surface area contributed by atoms with Gasteiger partial charge in [-0.2, -0.15) is 0 Å². The summed E-state index contributed by atoms with van der Waals surface area (Å²) in [5, 5.41) is 4.14. The maximum atomic E-state index is 5.92. The standard InChI is InChI=1S/C12H16ClNO/c1-9-6-11(13)3-2-10(9)7-12-8-14-4-5-15-12/h2-3,6,12,14H,4-5,7-8H2,1H3. The Bertz CT molecular complexity index is 334. The highest BCUT2D eigenvalue weighted by molar-refractivity contribution is 6.30. The zero-order chi connectivity index (χ0) is 10.7. The van der Waals surface area contributed by atoms with Crippen LogP contribution >= 0.6 is 11.6 Å². The van der Waals surface area contributed by atoms with Crippen LogP contribution in [0.1, 0.15) is 11.1 Å². The van der Waals surface area contributed by atoms with E-state index in [9.17, 15) is 0 Å². The van der Waals surface area contributed by atoms with Gasteiger partial charge in [0.25, 0.3) is 0 Å². The predicted octanol–water partition coefficient (Wildman–Crippen LogP) is 2.18. The Hall–Kier alpha value is -0.570. The van der Waals surface area contributed by atoms with Crippen LogP contribution in [0.2, 0.25) is 5.02 Å². The maximum Gasteiger partial charge on any atom is 0.0740 e. The Balaban J connectivity index is 2.03. The molecule has 82 valence electrons. The molecule has 1 heterocycles. The summed E-state index contributed by atoms with van der Waals surface area (Å²) in [6.07, 6.45) is 1.27. The zero-order valence-corrected chi connectivity index (χ0v) is 9.68. The van der Waals surface area contributed by atoms with E-state index in [1.165, 1.54) is 11.1 Å². The van der Waals surface area contributed by atoms with Crippen molar-refractivity contribution in [2.24, 2.45) is 0 Å². The van der Waals surface area contributed by atoms with Crippen LogP contribution in [0, 0.1) is 6.92 Å². The molecule has 1 N–H and O–H groups in total. The minimum absolute atomic E-state index is 0.304. The van der Waals surface area contributed by atoms with Gasteiger partial charge >= 0.3 is 0 Å². The molecular formula is C12H16ClNO. The van der Waals surface area contributed by atoms with Gasteiger partial charge in [-0.3, -0.25) is 0 Å². The SMILES string of the molecule is Cc1cc(Cl)ccc1CC1CNCCO1. The number of aryl methyl sites for hydroxylation is 1. The van der Waals surface area contributed by atoms with E-state index < -0.39 is 0 Å². The van der Waals surface area contributed by atoms with Crippen molar-refractivity contribution in [2.45, 2.75) is 19.4 Å². The molecule has 0 bridgehead atoms. The fourth-order valence-corrected chi connectivity index (χ4v) is 2.11. The lowest BCUT2D eigenvalue weighted by molar-refractivity contribution is 0.0291. The van der Waals surface area contributed by atoms with E-state index in [4.69, 9.17) is 16.3 Å². The Morgan fingerprint density at radius 1 is 1.53 bits per heavy atom. The van der Waals surface area contributed by atoms with E-state index in [0.717, 1.165) is 31.1 Å². The van der Waals surface area contributed by atoms with Crippen molar-refractivity contribution in [3.8, 4) is 0 Å². The van der Waals surface area contributed by atoms with Gasteiger partial charge in [0, 0.05) is 24.5 Å². The monoisotopic (exact) mass is 225 g/mol. The van der Waals surface area contributed by atoms with Crippen LogP contribution in [0.15, 0.2) is 18.2 Å². The zero-order valence-electron chi connectivity index (χ0n) is 8.92. The summed E-state index contributed by atoms with van der Waals surface area (Å²) in [6.45, 7) is 4.83. The van der Waals surface area contributed by atoms with Gasteiger partial charge in [-0.1, -0.05) is 17.7 Å². The molecular weight excluding hydrogens is 210 g/mol. The molecule has 1 saturated heterocycles. The van der Waals surface area contributed by atoms with Crippen LogP contribution in [0.3, 0.4) is 0 Å². The van der Waals surface area contributed by atoms with Gasteiger partial charge in [0.1, 0.15) is 0 Å². The van der Waals surface area contributed by atoms with Crippen LogP contribution in [0.5, 0.6) is 0 Å². The second-order valence-electron chi connectivity index (χ2n) is 3.97. The fourth-order valence-electron chi connectivity index (χ4n) is 1.88. The molecule has 1 fully saturated rings. The molecule has 0 radical (unpaired) electrons. The lowest BCUT2D eigenvalue weighted by Gasteiger charge is -2.24. The highest BCUT2D eigenvalue weighted by atomic mass is 35.5. The van der Waals surface area contributed by atoms with E-state index in [1.807, 2.05) is 12.1 Å². The number of morpholine rings is 1. The van der Waals surface area contributed by atoms with Crippen molar-refractivity contribution in [2.75, 3.05) is 19.7 Å². The lowest BCUT2D eigenvalue weighted by Crippen LogP contribution is -2.39. The van der Waals surface area contributed by atoms with E-state index in [0.29, 0.717) is 6.10 Å². The molecule has 2 rings (SSSR count). The largest absolute Gasteiger partial charge is 0.375 e. The van der Waals surface area contributed by atoms with Gasteiger partial charge in [-0.05, 0) is 30.2 Å². The van der Waals surface area contributed by atoms with Crippen LogP contribution < -0.4 is 5.32 Å². The Morgan fingerprint density at radius 3 is 3.07 bits per heavy atom. The number of hydrogen-bond acceptors (Lipinski definition) is 2. The van der Waals surface area contributed by atoms with Gasteiger partial charge in [0.05, 0.1) is 12.7 Å². The van der Waals surface area contributed by atoms with Crippen LogP contribution in [-0.4, -0.2) is 25.8 Å². The van der Waals surface area contributed by atoms with E-state index in [2.05, 4.69) is 18.3 Å². The summed E-state index contributed by atoms with van der Waals surface area (Å²) in [4.78, 5) is 0. The number of benzene rings is 1. The van der Waals surface area contributed by atoms with Crippen molar-refractivity contribution in [1.29, 1.82) is 0 Å². The van der Waals surface area contributed by atoms with Crippen molar-refractivity contribution >= 4 is 11.6 Å². The third-order valence-electron chi connectivity index (χ3n) is 2.76. The molecule has 1 aromatic rings. The normalized spacial score (nSPS) is 21.6. The molecule has 1 aliphatic rings. The molecule has 1 aromatic carbocycles. The Labute approximate surface area is 95.6 Å². The summed E-state index contributed by atoms with van der Waals surface area (Å²) in [7, 11) is 0. The first-order chi connectivity index (χ1) is 7.25. The number of hydrogen-bond donors (Lipinski definition) is 1. The first-order valence-electron chi connectivity index (χ1n) is 5.33. The number of nitrogens with one attached hydrogen (secondary N) is 1. The third-order valence-corrected chi connectivity index (χ3v) is 2.99. The average molecular weight is 226 g/mol. The third kappa shape index (κ3) is 2.94. The molecule has 1 aliphatic heterocycles. The van der Waals surface area contributed by atoms with Gasteiger partial charge in [0.2, 0.25) is 0 Å². The second-order valence-corrected chi connectivity index (χ2v) is 4.41. The summed E-state index contributed by atoms with van der Waals surface area (Å²) in [5.74, 6) is 0. The van der Waals surface area contributed by atoms with E-state index in [-0.39, 0.29) is 0 Å².